The highest BCUT2D eigenvalue weighted by atomic mass is 19.3. The van der Waals surface area contributed by atoms with Crippen molar-refractivity contribution >= 4 is 0 Å². The zero-order chi connectivity index (χ0) is 10.0. The number of rotatable bonds is 3. The third kappa shape index (κ3) is 2.32. The van der Waals surface area contributed by atoms with Crippen molar-refractivity contribution in [3.05, 3.63) is 24.0 Å². The van der Waals surface area contributed by atoms with Crippen LogP contribution in [0.1, 0.15) is 24.8 Å². The van der Waals surface area contributed by atoms with Gasteiger partial charge in [-0.2, -0.15) is 0 Å². The molecule has 14 heavy (non-hydrogen) atoms. The minimum atomic E-state index is -2.45. The molecule has 1 heterocycles. The number of aromatic amines is 1. The summed E-state index contributed by atoms with van der Waals surface area (Å²) >= 11 is 0. The van der Waals surface area contributed by atoms with Gasteiger partial charge >= 0.3 is 0 Å². The standard InChI is InChI=1S/C10H14F2N2/c11-10(12)3-1-9(5-10)14-7-8-2-4-13-6-8/h2,4,6,9,13-14H,1,3,5,7H2. The van der Waals surface area contributed by atoms with E-state index in [9.17, 15) is 8.78 Å². The molecule has 0 radical (unpaired) electrons. The third-order valence-corrected chi connectivity index (χ3v) is 2.66. The molecule has 1 aliphatic carbocycles. The second-order valence-electron chi connectivity index (χ2n) is 3.90. The molecule has 0 amide bonds. The van der Waals surface area contributed by atoms with Crippen molar-refractivity contribution in [2.75, 3.05) is 0 Å². The molecule has 1 aromatic rings. The molecule has 0 aromatic carbocycles. The van der Waals surface area contributed by atoms with Crippen LogP contribution in [0.4, 0.5) is 8.78 Å². The van der Waals surface area contributed by atoms with Crippen LogP contribution in [0, 0.1) is 0 Å². The smallest absolute Gasteiger partial charge is 0.249 e. The summed E-state index contributed by atoms with van der Waals surface area (Å²) in [6, 6.07) is 1.92. The van der Waals surface area contributed by atoms with Gasteiger partial charge < -0.3 is 10.3 Å². The van der Waals surface area contributed by atoms with Gasteiger partial charge in [0.25, 0.3) is 0 Å². The van der Waals surface area contributed by atoms with E-state index in [1.807, 2.05) is 18.5 Å². The fourth-order valence-corrected chi connectivity index (χ4v) is 1.85. The third-order valence-electron chi connectivity index (χ3n) is 2.66. The normalized spacial score (nSPS) is 25.4. The number of H-pyrrole nitrogens is 1. The van der Waals surface area contributed by atoms with Crippen LogP contribution in [0.2, 0.25) is 0 Å². The molecule has 1 aromatic heterocycles. The van der Waals surface area contributed by atoms with Gasteiger partial charge in [0.1, 0.15) is 0 Å². The largest absolute Gasteiger partial charge is 0.367 e. The average Bonchev–Trinajstić information content (AvgIpc) is 2.70. The molecule has 78 valence electrons. The van der Waals surface area contributed by atoms with Gasteiger partial charge in [-0.3, -0.25) is 0 Å². The van der Waals surface area contributed by atoms with Crippen molar-refractivity contribution < 1.29 is 8.78 Å². The molecule has 4 heteroatoms. The molecule has 2 N–H and O–H groups in total. The van der Waals surface area contributed by atoms with Crippen LogP contribution in [0.3, 0.4) is 0 Å². The lowest BCUT2D eigenvalue weighted by molar-refractivity contribution is 0.00687. The van der Waals surface area contributed by atoms with Gasteiger partial charge in [0.05, 0.1) is 0 Å². The molecule has 1 atom stereocenters. The number of aromatic nitrogens is 1. The molecule has 2 nitrogen and oxygen atoms in total. The molecule has 0 bridgehead atoms. The van der Waals surface area contributed by atoms with Gasteiger partial charge in [-0.25, -0.2) is 8.78 Å². The van der Waals surface area contributed by atoms with Crippen molar-refractivity contribution in [1.82, 2.24) is 10.3 Å². The minimum absolute atomic E-state index is 0.0164. The molecule has 0 saturated heterocycles. The van der Waals surface area contributed by atoms with E-state index < -0.39 is 5.92 Å². The molecular weight excluding hydrogens is 186 g/mol. The van der Waals surface area contributed by atoms with Crippen molar-refractivity contribution in [2.24, 2.45) is 0 Å². The van der Waals surface area contributed by atoms with E-state index in [-0.39, 0.29) is 18.9 Å². The molecule has 1 aliphatic rings. The van der Waals surface area contributed by atoms with E-state index in [4.69, 9.17) is 0 Å². The molecular formula is C10H14F2N2. The van der Waals surface area contributed by atoms with Crippen LogP contribution in [-0.2, 0) is 6.54 Å². The average molecular weight is 200 g/mol. The topological polar surface area (TPSA) is 27.8 Å². The first-order valence-electron chi connectivity index (χ1n) is 4.89. The Morgan fingerprint density at radius 3 is 3.00 bits per heavy atom. The summed E-state index contributed by atoms with van der Waals surface area (Å²) in [5.41, 5.74) is 1.11. The Balaban J connectivity index is 1.78. The zero-order valence-electron chi connectivity index (χ0n) is 7.89. The van der Waals surface area contributed by atoms with Crippen molar-refractivity contribution in [2.45, 2.75) is 37.8 Å². The van der Waals surface area contributed by atoms with Crippen molar-refractivity contribution in [3.8, 4) is 0 Å². The Morgan fingerprint density at radius 1 is 1.57 bits per heavy atom. The summed E-state index contributed by atoms with van der Waals surface area (Å²) in [7, 11) is 0. The Morgan fingerprint density at radius 2 is 2.43 bits per heavy atom. The van der Waals surface area contributed by atoms with Crippen LogP contribution >= 0.6 is 0 Å². The summed E-state index contributed by atoms with van der Waals surface area (Å²) in [5.74, 6) is -2.45. The van der Waals surface area contributed by atoms with Gasteiger partial charge in [-0.1, -0.05) is 0 Å². The SMILES string of the molecule is FC1(F)CCC(NCc2cc[nH]c2)C1. The second-order valence-corrected chi connectivity index (χ2v) is 3.90. The Labute approximate surface area is 81.7 Å². The lowest BCUT2D eigenvalue weighted by Crippen LogP contribution is -2.27. The van der Waals surface area contributed by atoms with Crippen molar-refractivity contribution in [1.29, 1.82) is 0 Å². The second kappa shape index (κ2) is 3.69. The first-order valence-corrected chi connectivity index (χ1v) is 4.89. The van der Waals surface area contributed by atoms with Crippen LogP contribution in [0.25, 0.3) is 0 Å². The fourth-order valence-electron chi connectivity index (χ4n) is 1.85. The maximum absolute atomic E-state index is 12.8. The summed E-state index contributed by atoms with van der Waals surface area (Å²) in [6.07, 6.45) is 4.30. The lowest BCUT2D eigenvalue weighted by atomic mass is 10.2. The van der Waals surface area contributed by atoms with E-state index in [2.05, 4.69) is 10.3 Å². The Hall–Kier alpha value is -0.900. The summed E-state index contributed by atoms with van der Waals surface area (Å²) < 4.78 is 25.6. The molecule has 0 aliphatic heterocycles. The van der Waals surface area contributed by atoms with Crippen LogP contribution in [0.15, 0.2) is 18.5 Å². The highest BCUT2D eigenvalue weighted by Crippen LogP contribution is 2.34. The summed E-state index contributed by atoms with van der Waals surface area (Å²) in [6.45, 7) is 0.671. The van der Waals surface area contributed by atoms with Gasteiger partial charge in [-0.15, -0.1) is 0 Å². The molecule has 1 unspecified atom stereocenters. The van der Waals surface area contributed by atoms with E-state index in [1.54, 1.807) is 0 Å². The van der Waals surface area contributed by atoms with E-state index in [1.165, 1.54) is 0 Å². The van der Waals surface area contributed by atoms with Gasteiger partial charge in [0.2, 0.25) is 5.92 Å². The van der Waals surface area contributed by atoms with E-state index in [0.29, 0.717) is 13.0 Å². The quantitative estimate of drug-likeness (QED) is 0.769. The predicted molar refractivity (Wildman–Crippen MR) is 50.2 cm³/mol. The Kier molecular flexibility index (Phi) is 2.54. The maximum atomic E-state index is 12.8. The number of alkyl halides is 2. The highest BCUT2D eigenvalue weighted by Gasteiger charge is 2.38. The first-order chi connectivity index (χ1) is 6.66. The van der Waals surface area contributed by atoms with Crippen molar-refractivity contribution in [3.63, 3.8) is 0 Å². The van der Waals surface area contributed by atoms with Crippen LogP contribution in [0.5, 0.6) is 0 Å². The summed E-state index contributed by atoms with van der Waals surface area (Å²) in [5, 5.41) is 3.14. The highest BCUT2D eigenvalue weighted by molar-refractivity contribution is 5.08. The first kappa shape index (κ1) is 9.65. The van der Waals surface area contributed by atoms with Gasteiger partial charge in [0, 0.05) is 37.8 Å². The minimum Gasteiger partial charge on any atom is -0.367 e. The number of halogens is 2. The lowest BCUT2D eigenvalue weighted by Gasteiger charge is -2.11. The van der Waals surface area contributed by atoms with Gasteiger partial charge in [0.15, 0.2) is 0 Å². The summed E-state index contributed by atoms with van der Waals surface area (Å²) in [4.78, 5) is 2.93. The monoisotopic (exact) mass is 200 g/mol. The molecule has 1 fully saturated rings. The molecule has 0 spiro atoms. The van der Waals surface area contributed by atoms with E-state index >= 15 is 0 Å². The molecule has 2 rings (SSSR count). The number of nitrogens with one attached hydrogen (secondary N) is 2. The fraction of sp³-hybridized carbons (Fsp3) is 0.600. The van der Waals surface area contributed by atoms with Crippen LogP contribution in [-0.4, -0.2) is 16.9 Å². The predicted octanol–water partition coefficient (Wildman–Crippen LogP) is 2.29. The number of hydrogen-bond acceptors (Lipinski definition) is 1. The maximum Gasteiger partial charge on any atom is 0.249 e. The van der Waals surface area contributed by atoms with Gasteiger partial charge in [-0.05, 0) is 18.1 Å². The molecule has 1 saturated carbocycles. The number of hydrogen-bond donors (Lipinski definition) is 2. The van der Waals surface area contributed by atoms with Crippen LogP contribution < -0.4 is 5.32 Å². The van der Waals surface area contributed by atoms with E-state index in [0.717, 1.165) is 5.56 Å². The Bertz CT molecular complexity index is 282. The zero-order valence-corrected chi connectivity index (χ0v) is 7.89.